The molecule has 0 atom stereocenters. The predicted octanol–water partition coefficient (Wildman–Crippen LogP) is 5.98. The van der Waals surface area contributed by atoms with E-state index in [0.29, 0.717) is 9.94 Å². The molecule has 36 heavy (non-hydrogen) atoms. The summed E-state index contributed by atoms with van der Waals surface area (Å²) in [5, 5.41) is 17.5. The van der Waals surface area contributed by atoms with Gasteiger partial charge in [-0.2, -0.15) is 10.5 Å². The van der Waals surface area contributed by atoms with Gasteiger partial charge in [0.2, 0.25) is 0 Å². The van der Waals surface area contributed by atoms with Gasteiger partial charge in [0, 0.05) is 4.47 Å². The van der Waals surface area contributed by atoms with Crippen LogP contribution in [0.25, 0.3) is 0 Å². The minimum Gasteiger partial charge on any atom is -0.404 e. The van der Waals surface area contributed by atoms with E-state index in [2.05, 4.69) is 25.4 Å². The first kappa shape index (κ1) is 29.3. The molecule has 14 heteroatoms. The molecule has 1 fully saturated rings. The van der Waals surface area contributed by atoms with Gasteiger partial charge in [-0.05, 0) is 63.5 Å². The molecule has 0 unspecified atom stereocenters. The van der Waals surface area contributed by atoms with Crippen LogP contribution in [-0.2, 0) is 9.31 Å². The first-order chi connectivity index (χ1) is 16.4. The Morgan fingerprint density at radius 2 is 1.19 bits per heavy atom. The minimum absolute atomic E-state index is 0.170. The average molecular weight is 579 g/mol. The molecule has 2 aromatic rings. The highest BCUT2D eigenvalue weighted by Gasteiger charge is 2.51. The molecule has 0 amide bonds. The zero-order valence-electron chi connectivity index (χ0n) is 19.2. The van der Waals surface area contributed by atoms with Crippen LogP contribution in [0.15, 0.2) is 40.9 Å². The summed E-state index contributed by atoms with van der Waals surface area (Å²) in [5.41, 5.74) is -1.09. The topological polar surface area (TPSA) is 84.5 Å². The summed E-state index contributed by atoms with van der Waals surface area (Å²) in [5.74, 6) is -1.04. The molecule has 0 aliphatic carbocycles. The Balaban J connectivity index is 0.000000281. The van der Waals surface area contributed by atoms with Gasteiger partial charge in [-0.25, -0.2) is 0 Å². The molecule has 0 bridgehead atoms. The van der Waals surface area contributed by atoms with Crippen molar-refractivity contribution < 1.29 is 45.1 Å². The lowest BCUT2D eigenvalue weighted by Crippen LogP contribution is -2.41. The van der Waals surface area contributed by atoms with E-state index in [1.54, 1.807) is 12.1 Å². The van der Waals surface area contributed by atoms with Crippen molar-refractivity contribution in [2.24, 2.45) is 0 Å². The van der Waals surface area contributed by atoms with E-state index >= 15 is 0 Å². The quantitative estimate of drug-likeness (QED) is 0.329. The number of ether oxygens (including phenoxy) is 2. The third-order valence-electron chi connectivity index (χ3n) is 5.16. The second-order valence-corrected chi connectivity index (χ2v) is 9.22. The zero-order valence-corrected chi connectivity index (χ0v) is 20.8. The molecule has 2 aromatic carbocycles. The SMILES string of the molecule is CC1(C)OB(c2ccc(OC(F)(F)F)c(C#N)c2)OC1(C)C.N#Cc1cc(Br)ccc1OC(F)(F)F. The van der Waals surface area contributed by atoms with Gasteiger partial charge in [0.1, 0.15) is 23.6 Å². The molecular weight excluding hydrogens is 561 g/mol. The summed E-state index contributed by atoms with van der Waals surface area (Å²) in [4.78, 5) is 0. The Labute approximate surface area is 211 Å². The molecule has 0 saturated carbocycles. The molecule has 1 aliphatic heterocycles. The second-order valence-electron chi connectivity index (χ2n) is 8.30. The van der Waals surface area contributed by atoms with Crippen molar-refractivity contribution in [2.75, 3.05) is 0 Å². The van der Waals surface area contributed by atoms with Gasteiger partial charge < -0.3 is 18.8 Å². The van der Waals surface area contributed by atoms with Crippen molar-refractivity contribution >= 4 is 28.5 Å². The van der Waals surface area contributed by atoms with Crippen molar-refractivity contribution in [3.05, 3.63) is 52.0 Å². The van der Waals surface area contributed by atoms with Crippen LogP contribution in [0, 0.1) is 22.7 Å². The summed E-state index contributed by atoms with van der Waals surface area (Å²) >= 11 is 3.03. The van der Waals surface area contributed by atoms with Crippen LogP contribution in [0.4, 0.5) is 26.3 Å². The van der Waals surface area contributed by atoms with Crippen molar-refractivity contribution in [2.45, 2.75) is 51.6 Å². The number of nitriles is 2. The van der Waals surface area contributed by atoms with Crippen molar-refractivity contribution in [1.29, 1.82) is 10.5 Å². The fourth-order valence-electron chi connectivity index (χ4n) is 2.78. The highest BCUT2D eigenvalue weighted by Crippen LogP contribution is 2.37. The molecule has 0 spiro atoms. The molecule has 0 radical (unpaired) electrons. The number of benzene rings is 2. The Hall–Kier alpha value is -2.94. The monoisotopic (exact) mass is 578 g/mol. The second kappa shape index (κ2) is 10.6. The van der Waals surface area contributed by atoms with E-state index in [-0.39, 0.29) is 11.1 Å². The summed E-state index contributed by atoms with van der Waals surface area (Å²) in [6.45, 7) is 7.44. The van der Waals surface area contributed by atoms with E-state index in [4.69, 9.17) is 19.8 Å². The van der Waals surface area contributed by atoms with E-state index in [0.717, 1.165) is 12.1 Å². The van der Waals surface area contributed by atoms with Gasteiger partial charge in [0.15, 0.2) is 0 Å². The zero-order chi connectivity index (χ0) is 27.5. The molecule has 3 rings (SSSR count). The number of alkyl halides is 6. The highest BCUT2D eigenvalue weighted by atomic mass is 79.9. The molecule has 192 valence electrons. The van der Waals surface area contributed by atoms with E-state index < -0.39 is 42.5 Å². The van der Waals surface area contributed by atoms with Crippen LogP contribution < -0.4 is 14.9 Å². The van der Waals surface area contributed by atoms with Crippen molar-refractivity contribution in [3.8, 4) is 23.6 Å². The summed E-state index contributed by atoms with van der Waals surface area (Å²) < 4.78 is 91.9. The van der Waals surface area contributed by atoms with Crippen LogP contribution >= 0.6 is 15.9 Å². The highest BCUT2D eigenvalue weighted by molar-refractivity contribution is 9.10. The molecule has 1 aliphatic rings. The Morgan fingerprint density at radius 3 is 1.61 bits per heavy atom. The van der Waals surface area contributed by atoms with Crippen LogP contribution in [0.2, 0.25) is 0 Å². The van der Waals surface area contributed by atoms with Crippen LogP contribution in [0.3, 0.4) is 0 Å². The predicted molar refractivity (Wildman–Crippen MR) is 119 cm³/mol. The fraction of sp³-hybridized carbons (Fsp3) is 0.364. The smallest absolute Gasteiger partial charge is 0.404 e. The van der Waals surface area contributed by atoms with Crippen LogP contribution in [0.5, 0.6) is 11.5 Å². The third-order valence-corrected chi connectivity index (χ3v) is 5.66. The number of rotatable bonds is 3. The third kappa shape index (κ3) is 7.78. The largest absolute Gasteiger partial charge is 0.573 e. The molecule has 0 N–H and O–H groups in total. The number of halogens is 7. The molecule has 1 saturated heterocycles. The summed E-state index contributed by atoms with van der Waals surface area (Å²) in [6, 6.07) is 10.7. The molecular formula is C22H18BBrF6N2O4. The Bertz CT molecular complexity index is 1170. The van der Waals surface area contributed by atoms with E-state index in [1.807, 2.05) is 27.7 Å². The van der Waals surface area contributed by atoms with Crippen LogP contribution in [0.1, 0.15) is 38.8 Å². The lowest BCUT2D eigenvalue weighted by Gasteiger charge is -2.32. The van der Waals surface area contributed by atoms with Gasteiger partial charge in [0.05, 0.1) is 22.3 Å². The number of hydrogen-bond acceptors (Lipinski definition) is 6. The van der Waals surface area contributed by atoms with Crippen LogP contribution in [-0.4, -0.2) is 31.0 Å². The maximum absolute atomic E-state index is 12.3. The number of hydrogen-bond donors (Lipinski definition) is 0. The van der Waals surface area contributed by atoms with E-state index in [9.17, 15) is 26.3 Å². The first-order valence-corrected chi connectivity index (χ1v) is 10.8. The molecule has 6 nitrogen and oxygen atoms in total. The molecule has 0 aromatic heterocycles. The van der Waals surface area contributed by atoms with E-state index in [1.165, 1.54) is 24.3 Å². The van der Waals surface area contributed by atoms with Crippen molar-refractivity contribution in [3.63, 3.8) is 0 Å². The Morgan fingerprint density at radius 1 is 0.778 bits per heavy atom. The normalized spacial score (nSPS) is 16.3. The Kier molecular flexibility index (Phi) is 8.61. The van der Waals surface area contributed by atoms with Gasteiger partial charge in [-0.3, -0.25) is 0 Å². The van der Waals surface area contributed by atoms with Gasteiger partial charge in [-0.15, -0.1) is 26.3 Å². The lowest BCUT2D eigenvalue weighted by atomic mass is 9.78. The minimum atomic E-state index is -4.85. The lowest BCUT2D eigenvalue weighted by molar-refractivity contribution is -0.275. The molecule has 1 heterocycles. The maximum Gasteiger partial charge on any atom is 0.573 e. The summed E-state index contributed by atoms with van der Waals surface area (Å²) in [6.07, 6.45) is -9.63. The maximum atomic E-state index is 12.3. The fourth-order valence-corrected chi connectivity index (χ4v) is 3.14. The van der Waals surface area contributed by atoms with Gasteiger partial charge >= 0.3 is 19.8 Å². The van der Waals surface area contributed by atoms with Gasteiger partial charge in [-0.1, -0.05) is 22.0 Å². The first-order valence-electron chi connectivity index (χ1n) is 9.98. The number of nitrogens with zero attached hydrogens (tertiary/aromatic N) is 2. The average Bonchev–Trinajstić information content (AvgIpc) is 2.95. The van der Waals surface area contributed by atoms with Gasteiger partial charge in [0.25, 0.3) is 0 Å². The van der Waals surface area contributed by atoms with Crippen molar-refractivity contribution in [1.82, 2.24) is 0 Å². The standard InChI is InChI=1S/C14H15BF3NO3.C8H3BrF3NO/c1-12(2)13(3,4)22-15(21-12)10-5-6-11(9(7-10)8-19)20-14(16,17)18;9-6-1-2-7(5(3-6)4-13)14-8(10,11)12/h5-7H,1-4H3;1-3H. The summed E-state index contributed by atoms with van der Waals surface area (Å²) in [7, 11) is -0.753.